The second kappa shape index (κ2) is 17.9. The van der Waals surface area contributed by atoms with E-state index in [0.29, 0.717) is 0 Å². The topological polar surface area (TPSA) is 9.23 Å². The van der Waals surface area contributed by atoms with Gasteiger partial charge < -0.3 is 4.74 Å². The van der Waals surface area contributed by atoms with Crippen LogP contribution in [0.2, 0.25) is 0 Å². The predicted molar refractivity (Wildman–Crippen MR) is 85.7 cm³/mol. The van der Waals surface area contributed by atoms with Crippen molar-refractivity contribution < 1.29 is 4.74 Å². The molecule has 0 saturated heterocycles. The number of ether oxygens (including phenoxy) is 1. The molecule has 0 aromatic rings. The van der Waals surface area contributed by atoms with Gasteiger partial charge in [0.15, 0.2) is 0 Å². The maximum Gasteiger partial charge on any atom is 0.122 e. The summed E-state index contributed by atoms with van der Waals surface area (Å²) in [5.74, 6) is 0.831. The van der Waals surface area contributed by atoms with Gasteiger partial charge in [-0.25, -0.2) is 0 Å². The minimum atomic E-state index is 0.831. The van der Waals surface area contributed by atoms with Gasteiger partial charge in [-0.1, -0.05) is 65.2 Å². The summed E-state index contributed by atoms with van der Waals surface area (Å²) in [6.45, 7) is 19.3. The fraction of sp³-hybridized carbons (Fsp3) is 0.412. The van der Waals surface area contributed by atoms with Gasteiger partial charge in [-0.2, -0.15) is 0 Å². The van der Waals surface area contributed by atoms with Crippen LogP contribution in [0.1, 0.15) is 41.5 Å². The van der Waals surface area contributed by atoms with Crippen molar-refractivity contribution in [2.75, 3.05) is 7.11 Å². The van der Waals surface area contributed by atoms with Crippen LogP contribution < -0.4 is 0 Å². The number of hydrogen-bond donors (Lipinski definition) is 0. The summed E-state index contributed by atoms with van der Waals surface area (Å²) in [5.41, 5.74) is 2.04. The molecule has 104 valence electrons. The maximum absolute atomic E-state index is 5.26. The fourth-order valence-corrected chi connectivity index (χ4v) is 1.21. The molecular formula is C17H30O. The Labute approximate surface area is 114 Å². The molecule has 0 fully saturated rings. The van der Waals surface area contributed by atoms with E-state index in [1.807, 2.05) is 59.8 Å². The second-order valence-electron chi connectivity index (χ2n) is 2.62. The lowest BCUT2D eigenvalue weighted by molar-refractivity contribution is 0.301. The minimum absolute atomic E-state index is 0.831. The molecule has 0 aliphatic heterocycles. The molecule has 0 amide bonds. The molecule has 0 saturated carbocycles. The molecular weight excluding hydrogens is 220 g/mol. The van der Waals surface area contributed by atoms with Gasteiger partial charge in [0.05, 0.1) is 7.11 Å². The molecule has 0 aliphatic carbocycles. The Morgan fingerprint density at radius 3 is 1.67 bits per heavy atom. The molecule has 0 heterocycles. The highest BCUT2D eigenvalue weighted by molar-refractivity contribution is 5.50. The summed E-state index contributed by atoms with van der Waals surface area (Å²) in [6, 6.07) is 0. The summed E-state index contributed by atoms with van der Waals surface area (Å²) < 4.78 is 5.26. The van der Waals surface area contributed by atoms with E-state index in [0.717, 1.165) is 16.9 Å². The van der Waals surface area contributed by atoms with Crippen LogP contribution in [0.5, 0.6) is 0 Å². The summed E-state index contributed by atoms with van der Waals surface area (Å²) in [5, 5.41) is 0. The minimum Gasteiger partial charge on any atom is -0.496 e. The van der Waals surface area contributed by atoms with E-state index >= 15 is 0 Å². The molecule has 0 aromatic heterocycles. The van der Waals surface area contributed by atoms with Gasteiger partial charge in [-0.3, -0.25) is 0 Å². The van der Waals surface area contributed by atoms with E-state index in [-0.39, 0.29) is 0 Å². The molecule has 0 spiro atoms. The third-order valence-electron chi connectivity index (χ3n) is 1.87. The van der Waals surface area contributed by atoms with E-state index in [1.54, 1.807) is 19.3 Å². The first-order chi connectivity index (χ1) is 8.74. The first-order valence-electron chi connectivity index (χ1n) is 6.57. The SMILES string of the molecule is C=C/C=C(C(\C=C)=C/C)/C(=C\C)OC.CC.CC. The Kier molecular flexibility index (Phi) is 21.6. The van der Waals surface area contributed by atoms with Crippen molar-refractivity contribution in [3.05, 3.63) is 60.4 Å². The Bertz CT molecular complexity index is 291. The van der Waals surface area contributed by atoms with E-state index in [2.05, 4.69) is 13.2 Å². The molecule has 0 unspecified atom stereocenters. The van der Waals surface area contributed by atoms with Gasteiger partial charge in [0, 0.05) is 5.57 Å². The molecule has 0 bridgehead atoms. The standard InChI is InChI=1S/C13H18O.2C2H6/c1-6-10-12(11(7-2)8-3)13(9-4)14-5;2*1-2/h6-10H,1-2H2,3-5H3;2*1-2H3/b11-8-,12-10+,13-9+;;. The van der Waals surface area contributed by atoms with Crippen molar-refractivity contribution in [2.24, 2.45) is 0 Å². The van der Waals surface area contributed by atoms with Crippen LogP contribution in [0.25, 0.3) is 0 Å². The first kappa shape index (κ1) is 21.8. The Hall–Kier alpha value is -1.50. The number of allylic oxidation sites excluding steroid dienone is 6. The molecule has 0 aliphatic rings. The molecule has 0 atom stereocenters. The molecule has 0 N–H and O–H groups in total. The van der Waals surface area contributed by atoms with Crippen molar-refractivity contribution in [1.82, 2.24) is 0 Å². The van der Waals surface area contributed by atoms with Crippen LogP contribution in [0.3, 0.4) is 0 Å². The zero-order chi connectivity index (χ0) is 15.0. The largest absolute Gasteiger partial charge is 0.496 e. The van der Waals surface area contributed by atoms with Gasteiger partial charge in [-0.15, -0.1) is 0 Å². The van der Waals surface area contributed by atoms with Gasteiger partial charge in [-0.05, 0) is 25.5 Å². The van der Waals surface area contributed by atoms with Crippen molar-refractivity contribution >= 4 is 0 Å². The van der Waals surface area contributed by atoms with Crippen LogP contribution >= 0.6 is 0 Å². The van der Waals surface area contributed by atoms with Crippen molar-refractivity contribution in [3.63, 3.8) is 0 Å². The molecule has 18 heavy (non-hydrogen) atoms. The average molecular weight is 250 g/mol. The lowest BCUT2D eigenvalue weighted by atomic mass is 10.0. The third-order valence-corrected chi connectivity index (χ3v) is 1.87. The van der Waals surface area contributed by atoms with Gasteiger partial charge in [0.2, 0.25) is 0 Å². The second-order valence-corrected chi connectivity index (χ2v) is 2.62. The molecule has 0 radical (unpaired) electrons. The summed E-state index contributed by atoms with van der Waals surface area (Å²) in [6.07, 6.45) is 9.37. The van der Waals surface area contributed by atoms with Crippen molar-refractivity contribution in [2.45, 2.75) is 41.5 Å². The maximum atomic E-state index is 5.26. The number of rotatable bonds is 5. The van der Waals surface area contributed by atoms with E-state index in [4.69, 9.17) is 4.74 Å². The van der Waals surface area contributed by atoms with E-state index < -0.39 is 0 Å². The number of methoxy groups -OCH3 is 1. The van der Waals surface area contributed by atoms with Crippen LogP contribution in [-0.2, 0) is 4.74 Å². The zero-order valence-electron chi connectivity index (χ0n) is 13.2. The highest BCUT2D eigenvalue weighted by Crippen LogP contribution is 2.20. The predicted octanol–water partition coefficient (Wildman–Crippen LogP) is 5.83. The van der Waals surface area contributed by atoms with Crippen LogP contribution in [-0.4, -0.2) is 7.11 Å². The molecule has 0 rings (SSSR count). The highest BCUT2D eigenvalue weighted by atomic mass is 16.5. The summed E-state index contributed by atoms with van der Waals surface area (Å²) in [4.78, 5) is 0. The van der Waals surface area contributed by atoms with Crippen molar-refractivity contribution in [3.8, 4) is 0 Å². The Morgan fingerprint density at radius 2 is 1.44 bits per heavy atom. The smallest absolute Gasteiger partial charge is 0.122 e. The highest BCUT2D eigenvalue weighted by Gasteiger charge is 2.05. The fourth-order valence-electron chi connectivity index (χ4n) is 1.21. The quantitative estimate of drug-likeness (QED) is 0.440. The van der Waals surface area contributed by atoms with E-state index in [1.165, 1.54) is 0 Å². The molecule has 1 heteroatoms. The monoisotopic (exact) mass is 250 g/mol. The van der Waals surface area contributed by atoms with Gasteiger partial charge in [0.25, 0.3) is 0 Å². The van der Waals surface area contributed by atoms with Gasteiger partial charge in [0.1, 0.15) is 5.76 Å². The normalized spacial score (nSPS) is 11.4. The van der Waals surface area contributed by atoms with Crippen LogP contribution in [0.4, 0.5) is 0 Å². The molecule has 1 nitrogen and oxygen atoms in total. The summed E-state index contributed by atoms with van der Waals surface area (Å²) in [7, 11) is 1.66. The summed E-state index contributed by atoms with van der Waals surface area (Å²) >= 11 is 0. The van der Waals surface area contributed by atoms with E-state index in [9.17, 15) is 0 Å². The zero-order valence-corrected chi connectivity index (χ0v) is 13.2. The van der Waals surface area contributed by atoms with Crippen LogP contribution in [0, 0.1) is 0 Å². The lowest BCUT2D eigenvalue weighted by Gasteiger charge is -2.10. The number of hydrogen-bond acceptors (Lipinski definition) is 1. The van der Waals surface area contributed by atoms with Gasteiger partial charge >= 0.3 is 0 Å². The lowest BCUT2D eigenvalue weighted by Crippen LogP contribution is -1.94. The molecule has 0 aromatic carbocycles. The van der Waals surface area contributed by atoms with Crippen LogP contribution in [0.15, 0.2) is 60.4 Å². The Balaban J connectivity index is -0.000000506. The third kappa shape index (κ3) is 8.63. The first-order valence-corrected chi connectivity index (χ1v) is 6.57. The van der Waals surface area contributed by atoms with Crippen molar-refractivity contribution in [1.29, 1.82) is 0 Å². The Morgan fingerprint density at radius 1 is 0.944 bits per heavy atom. The average Bonchev–Trinajstić information content (AvgIpc) is 2.46.